The summed E-state index contributed by atoms with van der Waals surface area (Å²) in [6.45, 7) is 4.64. The third-order valence-electron chi connectivity index (χ3n) is 5.24. The highest BCUT2D eigenvalue weighted by Crippen LogP contribution is 2.19. The molecule has 2 N–H and O–H groups in total. The van der Waals surface area contributed by atoms with Crippen LogP contribution in [0.15, 0.2) is 65.6 Å². The molecule has 30 heavy (non-hydrogen) atoms. The molecule has 1 aromatic heterocycles. The molecule has 7 nitrogen and oxygen atoms in total. The Bertz CT molecular complexity index is 1170. The minimum atomic E-state index is -3.74. The Hall–Kier alpha value is -2.81. The van der Waals surface area contributed by atoms with E-state index < -0.39 is 10.0 Å². The fourth-order valence-electron chi connectivity index (χ4n) is 3.57. The monoisotopic (exact) mass is 423 g/mol. The van der Waals surface area contributed by atoms with Gasteiger partial charge in [0.05, 0.1) is 17.1 Å². The maximum Gasteiger partial charge on any atom is 0.238 e. The molecule has 4 rings (SSSR count). The zero-order chi connectivity index (χ0) is 21.1. The summed E-state index contributed by atoms with van der Waals surface area (Å²) in [6.07, 6.45) is 6.03. The minimum absolute atomic E-state index is 0.0761. The second-order valence-electron chi connectivity index (χ2n) is 7.49. The van der Waals surface area contributed by atoms with Crippen molar-refractivity contribution >= 4 is 10.0 Å². The molecule has 0 spiro atoms. The van der Waals surface area contributed by atoms with Gasteiger partial charge in [-0.25, -0.2) is 23.2 Å². The van der Waals surface area contributed by atoms with Crippen molar-refractivity contribution in [3.8, 4) is 5.69 Å². The van der Waals surface area contributed by atoms with Crippen molar-refractivity contribution in [3.05, 3.63) is 83.5 Å². The molecular formula is C22H25N5O2S. The zero-order valence-electron chi connectivity index (χ0n) is 16.9. The molecule has 1 aliphatic heterocycles. The largest absolute Gasteiger partial charge is 0.292 e. The quantitative estimate of drug-likeness (QED) is 0.615. The number of nitrogens with two attached hydrogens (primary N) is 1. The van der Waals surface area contributed by atoms with E-state index in [1.165, 1.54) is 23.3 Å². The molecule has 0 aliphatic carbocycles. The number of aromatic nitrogens is 3. The summed E-state index contributed by atoms with van der Waals surface area (Å²) < 4.78 is 25.0. The Morgan fingerprint density at radius 3 is 2.50 bits per heavy atom. The van der Waals surface area contributed by atoms with Gasteiger partial charge >= 0.3 is 0 Å². The molecule has 156 valence electrons. The second-order valence-corrected chi connectivity index (χ2v) is 9.05. The number of hydrogen-bond acceptors (Lipinski definition) is 5. The molecule has 3 aromatic rings. The van der Waals surface area contributed by atoms with Crippen LogP contribution in [-0.2, 0) is 23.0 Å². The van der Waals surface area contributed by atoms with Crippen molar-refractivity contribution in [3.63, 3.8) is 0 Å². The number of sulfonamides is 1. The molecule has 0 saturated heterocycles. The average molecular weight is 424 g/mol. The molecule has 0 unspecified atom stereocenters. The molecule has 2 aromatic carbocycles. The van der Waals surface area contributed by atoms with Gasteiger partial charge in [-0.05, 0) is 48.7 Å². The summed E-state index contributed by atoms with van der Waals surface area (Å²) in [5.41, 5.74) is 3.13. The fourth-order valence-corrected chi connectivity index (χ4v) is 4.08. The summed E-state index contributed by atoms with van der Waals surface area (Å²) in [6, 6.07) is 14.6. The molecule has 0 fully saturated rings. The van der Waals surface area contributed by atoms with Crippen LogP contribution in [0.25, 0.3) is 5.69 Å². The van der Waals surface area contributed by atoms with Crippen molar-refractivity contribution in [1.82, 2.24) is 19.7 Å². The van der Waals surface area contributed by atoms with Crippen LogP contribution < -0.4 is 5.14 Å². The minimum Gasteiger partial charge on any atom is -0.292 e. The zero-order valence-corrected chi connectivity index (χ0v) is 17.7. The third-order valence-corrected chi connectivity index (χ3v) is 6.17. The number of rotatable bonds is 6. The van der Waals surface area contributed by atoms with E-state index in [9.17, 15) is 8.42 Å². The lowest BCUT2D eigenvalue weighted by Crippen LogP contribution is -2.27. The summed E-state index contributed by atoms with van der Waals surface area (Å²) in [5, 5.41) is 9.98. The van der Waals surface area contributed by atoms with Gasteiger partial charge < -0.3 is 0 Å². The van der Waals surface area contributed by atoms with E-state index in [-0.39, 0.29) is 4.90 Å². The van der Waals surface area contributed by atoms with Crippen LogP contribution in [0.4, 0.5) is 0 Å². The Kier molecular flexibility index (Phi) is 5.80. The van der Waals surface area contributed by atoms with Gasteiger partial charge in [-0.1, -0.05) is 36.4 Å². The number of aryl methyl sites for hydroxylation is 1. The smallest absolute Gasteiger partial charge is 0.238 e. The second kappa shape index (κ2) is 8.51. The standard InChI is InChI=1S/C22H25N5O2S/c1-17-7-3-4-8-18(17)15-22-24-21(16-26-13-5-2-6-14-26)25-27(22)19-9-11-20(12-10-19)30(23,28)29/h2-5,7-12H,6,13-16H2,1H3,(H2,23,28,29). The maximum absolute atomic E-state index is 11.6. The molecule has 0 atom stereocenters. The molecular weight excluding hydrogens is 398 g/mol. The Labute approximate surface area is 176 Å². The SMILES string of the molecule is Cc1ccccc1Cc1nc(CN2CC=CCC2)nn1-c1ccc(S(N)(=O)=O)cc1. The van der Waals surface area contributed by atoms with Gasteiger partial charge in [0.25, 0.3) is 0 Å². The molecule has 0 radical (unpaired) electrons. The molecule has 0 bridgehead atoms. The van der Waals surface area contributed by atoms with E-state index in [2.05, 4.69) is 36.1 Å². The van der Waals surface area contributed by atoms with Gasteiger partial charge in [-0.15, -0.1) is 5.10 Å². The van der Waals surface area contributed by atoms with Gasteiger partial charge in [-0.2, -0.15) is 0 Å². The Morgan fingerprint density at radius 2 is 1.83 bits per heavy atom. The van der Waals surface area contributed by atoms with Crippen LogP contribution in [0.5, 0.6) is 0 Å². The lowest BCUT2D eigenvalue weighted by molar-refractivity contribution is 0.283. The van der Waals surface area contributed by atoms with Gasteiger partial charge in [0.2, 0.25) is 10.0 Å². The van der Waals surface area contributed by atoms with E-state index in [4.69, 9.17) is 15.2 Å². The predicted octanol–water partition coefficient (Wildman–Crippen LogP) is 2.58. The first-order valence-corrected chi connectivity index (χ1v) is 11.4. The van der Waals surface area contributed by atoms with E-state index in [1.807, 2.05) is 12.1 Å². The number of hydrogen-bond donors (Lipinski definition) is 1. The highest BCUT2D eigenvalue weighted by molar-refractivity contribution is 7.89. The van der Waals surface area contributed by atoms with Crippen molar-refractivity contribution in [2.75, 3.05) is 13.1 Å². The highest BCUT2D eigenvalue weighted by Gasteiger charge is 2.17. The van der Waals surface area contributed by atoms with Crippen LogP contribution >= 0.6 is 0 Å². The van der Waals surface area contributed by atoms with Crippen molar-refractivity contribution < 1.29 is 8.42 Å². The molecule has 0 amide bonds. The number of primary sulfonamides is 1. The maximum atomic E-state index is 11.6. The summed E-state index contributed by atoms with van der Waals surface area (Å²) in [5.74, 6) is 1.57. The lowest BCUT2D eigenvalue weighted by Gasteiger charge is -2.20. The number of benzene rings is 2. The van der Waals surface area contributed by atoms with Crippen molar-refractivity contribution in [1.29, 1.82) is 0 Å². The van der Waals surface area contributed by atoms with E-state index in [0.29, 0.717) is 13.0 Å². The molecule has 2 heterocycles. The molecule has 1 aliphatic rings. The molecule has 8 heteroatoms. The third kappa shape index (κ3) is 4.67. The van der Waals surface area contributed by atoms with E-state index in [1.54, 1.807) is 16.8 Å². The average Bonchev–Trinajstić information content (AvgIpc) is 3.12. The Morgan fingerprint density at radius 1 is 1.07 bits per heavy atom. The van der Waals surface area contributed by atoms with Gasteiger partial charge in [0.1, 0.15) is 5.82 Å². The summed E-state index contributed by atoms with van der Waals surface area (Å²) in [7, 11) is -3.74. The normalized spacial score (nSPS) is 14.9. The fraction of sp³-hybridized carbons (Fsp3) is 0.273. The topological polar surface area (TPSA) is 94.1 Å². The number of nitrogens with zero attached hydrogens (tertiary/aromatic N) is 4. The lowest BCUT2D eigenvalue weighted by atomic mass is 10.1. The van der Waals surface area contributed by atoms with Crippen molar-refractivity contribution in [2.45, 2.75) is 31.2 Å². The molecule has 0 saturated carbocycles. The summed E-state index contributed by atoms with van der Waals surface area (Å²) in [4.78, 5) is 7.21. The van der Waals surface area contributed by atoms with Crippen LogP contribution in [0.1, 0.15) is 29.2 Å². The first kappa shape index (κ1) is 20.5. The van der Waals surface area contributed by atoms with E-state index in [0.717, 1.165) is 36.8 Å². The Balaban J connectivity index is 1.69. The van der Waals surface area contributed by atoms with Crippen LogP contribution in [0.3, 0.4) is 0 Å². The predicted molar refractivity (Wildman–Crippen MR) is 116 cm³/mol. The van der Waals surface area contributed by atoms with Gasteiger partial charge in [0.15, 0.2) is 5.82 Å². The van der Waals surface area contributed by atoms with Gasteiger partial charge in [-0.3, -0.25) is 4.90 Å². The first-order chi connectivity index (χ1) is 14.4. The van der Waals surface area contributed by atoms with Crippen LogP contribution in [-0.4, -0.2) is 41.2 Å². The first-order valence-electron chi connectivity index (χ1n) is 9.90. The van der Waals surface area contributed by atoms with Gasteiger partial charge in [0, 0.05) is 19.5 Å². The van der Waals surface area contributed by atoms with Crippen molar-refractivity contribution in [2.24, 2.45) is 5.14 Å². The van der Waals surface area contributed by atoms with Crippen LogP contribution in [0.2, 0.25) is 0 Å². The van der Waals surface area contributed by atoms with E-state index >= 15 is 0 Å². The highest BCUT2D eigenvalue weighted by atomic mass is 32.2. The summed E-state index contributed by atoms with van der Waals surface area (Å²) >= 11 is 0. The van der Waals surface area contributed by atoms with Crippen LogP contribution in [0, 0.1) is 6.92 Å².